The minimum Gasteiger partial charge on any atom is -0.425 e. The molecule has 2 atom stereocenters. The summed E-state index contributed by atoms with van der Waals surface area (Å²) in [5.74, 6) is 2.35. The van der Waals surface area contributed by atoms with Crippen molar-refractivity contribution in [2.45, 2.75) is 37.5 Å². The van der Waals surface area contributed by atoms with Crippen molar-refractivity contribution in [2.75, 3.05) is 13.2 Å². The molecular weight excluding hydrogens is 252 g/mol. The van der Waals surface area contributed by atoms with E-state index in [-0.39, 0.29) is 0 Å². The number of aryl methyl sites for hydroxylation is 1. The fraction of sp³-hybridized carbons (Fsp3) is 0.500. The molecule has 1 saturated heterocycles. The van der Waals surface area contributed by atoms with Crippen LogP contribution in [0.15, 0.2) is 28.7 Å². The summed E-state index contributed by atoms with van der Waals surface area (Å²) in [6.07, 6.45) is 4.20. The molecule has 4 rings (SSSR count). The number of nitrogens with zero attached hydrogens (tertiary/aromatic N) is 2. The third kappa shape index (κ3) is 2.14. The molecule has 0 saturated carbocycles. The van der Waals surface area contributed by atoms with Crippen LogP contribution in [0.25, 0.3) is 0 Å². The second kappa shape index (κ2) is 5.02. The van der Waals surface area contributed by atoms with Crippen LogP contribution in [0, 0.1) is 0 Å². The monoisotopic (exact) mass is 270 g/mol. The first-order valence-corrected chi connectivity index (χ1v) is 7.38. The van der Waals surface area contributed by atoms with Gasteiger partial charge in [0.2, 0.25) is 11.8 Å². The van der Waals surface area contributed by atoms with Crippen LogP contribution in [0.5, 0.6) is 0 Å². The number of hydrogen-bond donors (Lipinski definition) is 0. The van der Waals surface area contributed by atoms with Crippen molar-refractivity contribution in [1.29, 1.82) is 0 Å². The number of benzene rings is 1. The van der Waals surface area contributed by atoms with E-state index in [1.54, 1.807) is 0 Å². The van der Waals surface area contributed by atoms with E-state index in [9.17, 15) is 0 Å². The zero-order valence-electron chi connectivity index (χ0n) is 11.4. The molecule has 0 bridgehead atoms. The molecule has 0 radical (unpaired) electrons. The van der Waals surface area contributed by atoms with Crippen LogP contribution in [-0.4, -0.2) is 23.4 Å². The number of fused-ring (bicyclic) bond motifs is 1. The summed E-state index contributed by atoms with van der Waals surface area (Å²) in [6, 6.07) is 8.69. The van der Waals surface area contributed by atoms with Gasteiger partial charge >= 0.3 is 0 Å². The molecule has 2 aliphatic rings. The average Bonchev–Trinajstić information content (AvgIpc) is 3.19. The van der Waals surface area contributed by atoms with Crippen molar-refractivity contribution in [3.05, 3.63) is 47.2 Å². The molecule has 1 aliphatic carbocycles. The average molecular weight is 270 g/mol. The molecule has 1 aliphatic heterocycles. The molecule has 104 valence electrons. The van der Waals surface area contributed by atoms with Gasteiger partial charge in [0, 0.05) is 13.0 Å². The normalized spacial score (nSPS) is 25.0. The lowest BCUT2D eigenvalue weighted by Crippen LogP contribution is -1.99. The van der Waals surface area contributed by atoms with Gasteiger partial charge in [-0.1, -0.05) is 24.3 Å². The van der Waals surface area contributed by atoms with Crippen LogP contribution in [-0.2, 0) is 17.6 Å². The summed E-state index contributed by atoms with van der Waals surface area (Å²) >= 11 is 0. The Kier molecular flexibility index (Phi) is 3.03. The van der Waals surface area contributed by atoms with Crippen LogP contribution < -0.4 is 0 Å². The van der Waals surface area contributed by atoms with Crippen LogP contribution >= 0.6 is 0 Å². The zero-order valence-corrected chi connectivity index (χ0v) is 11.4. The van der Waals surface area contributed by atoms with Gasteiger partial charge in [0.05, 0.1) is 12.5 Å². The highest BCUT2D eigenvalue weighted by Crippen LogP contribution is 2.35. The topological polar surface area (TPSA) is 48.2 Å². The van der Waals surface area contributed by atoms with Crippen molar-refractivity contribution in [3.8, 4) is 0 Å². The third-order valence-corrected chi connectivity index (χ3v) is 4.44. The summed E-state index contributed by atoms with van der Waals surface area (Å²) in [6.45, 7) is 1.52. The Morgan fingerprint density at radius 1 is 1.15 bits per heavy atom. The molecule has 1 aromatic carbocycles. The van der Waals surface area contributed by atoms with Crippen molar-refractivity contribution in [1.82, 2.24) is 10.2 Å². The van der Waals surface area contributed by atoms with E-state index < -0.39 is 0 Å². The Morgan fingerprint density at radius 3 is 3.00 bits per heavy atom. The minimum atomic E-state index is 0.298. The molecule has 2 unspecified atom stereocenters. The van der Waals surface area contributed by atoms with E-state index in [4.69, 9.17) is 9.15 Å². The van der Waals surface area contributed by atoms with Gasteiger partial charge < -0.3 is 9.15 Å². The summed E-state index contributed by atoms with van der Waals surface area (Å²) in [5.41, 5.74) is 2.93. The molecule has 2 aromatic rings. The van der Waals surface area contributed by atoms with Gasteiger partial charge in [-0.25, -0.2) is 0 Å². The number of aromatic nitrogens is 2. The Morgan fingerprint density at radius 2 is 2.10 bits per heavy atom. The number of ether oxygens (including phenoxy) is 1. The second-order valence-electron chi connectivity index (χ2n) is 5.73. The molecule has 1 fully saturated rings. The van der Waals surface area contributed by atoms with E-state index in [1.165, 1.54) is 17.5 Å². The predicted molar refractivity (Wildman–Crippen MR) is 73.7 cm³/mol. The van der Waals surface area contributed by atoms with E-state index in [2.05, 4.69) is 34.5 Å². The maximum atomic E-state index is 5.84. The molecule has 0 N–H and O–H groups in total. The van der Waals surface area contributed by atoms with Crippen LogP contribution in [0.2, 0.25) is 0 Å². The van der Waals surface area contributed by atoms with E-state index in [1.807, 2.05) is 0 Å². The van der Waals surface area contributed by atoms with Gasteiger partial charge in [0.1, 0.15) is 0 Å². The quantitative estimate of drug-likeness (QED) is 0.860. The van der Waals surface area contributed by atoms with Gasteiger partial charge in [0.25, 0.3) is 0 Å². The first kappa shape index (κ1) is 12.1. The molecule has 2 heterocycles. The maximum absolute atomic E-state index is 5.84. The summed E-state index contributed by atoms with van der Waals surface area (Å²) in [4.78, 5) is 0. The Bertz CT molecular complexity index is 602. The molecule has 4 heteroatoms. The van der Waals surface area contributed by atoms with Gasteiger partial charge in [-0.3, -0.25) is 0 Å². The first-order chi connectivity index (χ1) is 9.90. The summed E-state index contributed by atoms with van der Waals surface area (Å²) in [7, 11) is 0. The lowest BCUT2D eigenvalue weighted by atomic mass is 9.98. The second-order valence-corrected chi connectivity index (χ2v) is 5.73. The van der Waals surface area contributed by atoms with Crippen LogP contribution in [0.3, 0.4) is 0 Å². The van der Waals surface area contributed by atoms with Gasteiger partial charge in [0.15, 0.2) is 0 Å². The Hall–Kier alpha value is -1.68. The lowest BCUT2D eigenvalue weighted by Gasteiger charge is -2.08. The number of rotatable bonds is 3. The van der Waals surface area contributed by atoms with Gasteiger partial charge in [-0.2, -0.15) is 0 Å². The van der Waals surface area contributed by atoms with Crippen LogP contribution in [0.1, 0.15) is 47.6 Å². The molecule has 20 heavy (non-hydrogen) atoms. The fourth-order valence-corrected chi connectivity index (χ4v) is 3.31. The SMILES string of the molecule is c1ccc2c(c1)CCC2Cc1nnc(C2CCOC2)o1. The molecule has 0 amide bonds. The fourth-order valence-electron chi connectivity index (χ4n) is 3.31. The lowest BCUT2D eigenvalue weighted by molar-refractivity contribution is 0.190. The van der Waals surface area contributed by atoms with Crippen molar-refractivity contribution < 1.29 is 9.15 Å². The molecule has 1 aromatic heterocycles. The Balaban J connectivity index is 1.50. The van der Waals surface area contributed by atoms with Crippen molar-refractivity contribution >= 4 is 0 Å². The van der Waals surface area contributed by atoms with Gasteiger partial charge in [-0.05, 0) is 36.3 Å². The maximum Gasteiger partial charge on any atom is 0.222 e. The standard InChI is InChI=1S/C16H18N2O2/c1-2-4-14-11(3-1)5-6-12(14)9-15-17-18-16(20-15)13-7-8-19-10-13/h1-4,12-13H,5-10H2. The van der Waals surface area contributed by atoms with Crippen molar-refractivity contribution in [3.63, 3.8) is 0 Å². The third-order valence-electron chi connectivity index (χ3n) is 4.44. The highest BCUT2D eigenvalue weighted by molar-refractivity contribution is 5.35. The van der Waals surface area contributed by atoms with E-state index in [0.717, 1.165) is 37.7 Å². The molecular formula is C16H18N2O2. The first-order valence-electron chi connectivity index (χ1n) is 7.38. The van der Waals surface area contributed by atoms with Crippen molar-refractivity contribution in [2.24, 2.45) is 0 Å². The molecule has 4 nitrogen and oxygen atoms in total. The van der Waals surface area contributed by atoms with Crippen LogP contribution in [0.4, 0.5) is 0 Å². The largest absolute Gasteiger partial charge is 0.425 e. The van der Waals surface area contributed by atoms with E-state index in [0.29, 0.717) is 18.4 Å². The Labute approximate surface area is 118 Å². The molecule has 0 spiro atoms. The number of hydrogen-bond acceptors (Lipinski definition) is 4. The zero-order chi connectivity index (χ0) is 13.4. The van der Waals surface area contributed by atoms with Gasteiger partial charge in [-0.15, -0.1) is 10.2 Å². The predicted octanol–water partition coefficient (Wildman–Crippen LogP) is 2.85. The highest BCUT2D eigenvalue weighted by atomic mass is 16.5. The smallest absolute Gasteiger partial charge is 0.222 e. The highest BCUT2D eigenvalue weighted by Gasteiger charge is 2.27. The van der Waals surface area contributed by atoms with E-state index >= 15 is 0 Å². The summed E-state index contributed by atoms with van der Waals surface area (Å²) in [5, 5.41) is 8.42. The minimum absolute atomic E-state index is 0.298. The summed E-state index contributed by atoms with van der Waals surface area (Å²) < 4.78 is 11.2.